The highest BCUT2D eigenvalue weighted by molar-refractivity contribution is 6.32. The molecule has 25 heavy (non-hydrogen) atoms. The number of halogens is 2. The second kappa shape index (κ2) is 7.25. The van der Waals surface area contributed by atoms with Gasteiger partial charge in [0, 0.05) is 16.3 Å². The minimum Gasteiger partial charge on any atom is -0.452 e. The summed E-state index contributed by atoms with van der Waals surface area (Å²) in [6, 6.07) is 8.92. The minimum absolute atomic E-state index is 0.101. The second-order valence-corrected chi connectivity index (χ2v) is 6.24. The Labute approximate surface area is 154 Å². The molecule has 0 bridgehead atoms. The zero-order valence-electron chi connectivity index (χ0n) is 13.5. The van der Waals surface area contributed by atoms with E-state index in [1.165, 1.54) is 0 Å². The van der Waals surface area contributed by atoms with Crippen LogP contribution in [0.5, 0.6) is 0 Å². The average Bonchev–Trinajstić information content (AvgIpc) is 3.01. The van der Waals surface area contributed by atoms with Gasteiger partial charge < -0.3 is 9.15 Å². The van der Waals surface area contributed by atoms with E-state index >= 15 is 0 Å². The number of nitrogens with zero attached hydrogens (tertiary/aromatic N) is 2. The summed E-state index contributed by atoms with van der Waals surface area (Å²) in [5.74, 6) is 0.280. The third-order valence-electron chi connectivity index (χ3n) is 3.51. The highest BCUT2D eigenvalue weighted by Gasteiger charge is 2.18. The number of benzene rings is 1. The predicted octanol–water partition coefficient (Wildman–Crippen LogP) is 5.02. The summed E-state index contributed by atoms with van der Waals surface area (Å²) in [6.07, 6.45) is 1.57. The Balaban J connectivity index is 1.70. The molecule has 3 aromatic rings. The number of esters is 1. The van der Waals surface area contributed by atoms with E-state index in [1.807, 2.05) is 12.1 Å². The Bertz CT molecular complexity index is 897. The standard InChI is InChI=1S/C18H14Cl2N2O3/c1-10-7-11(2)22-17(20)16(10)18(23)24-9-15-21-8-14(25-15)12-3-5-13(19)6-4-12/h3-8H,9H2,1-2H3. The smallest absolute Gasteiger partial charge is 0.342 e. The maximum absolute atomic E-state index is 12.3. The number of carbonyl (C=O) groups is 1. The van der Waals surface area contributed by atoms with Crippen molar-refractivity contribution in [2.45, 2.75) is 20.5 Å². The number of oxazole rings is 1. The molecule has 7 heteroatoms. The summed E-state index contributed by atoms with van der Waals surface area (Å²) in [5, 5.41) is 0.758. The van der Waals surface area contributed by atoms with Gasteiger partial charge in [-0.05, 0) is 49.7 Å². The van der Waals surface area contributed by atoms with Gasteiger partial charge in [-0.3, -0.25) is 0 Å². The van der Waals surface area contributed by atoms with Crippen molar-refractivity contribution in [3.8, 4) is 11.3 Å². The van der Waals surface area contributed by atoms with Crippen LogP contribution in [0.3, 0.4) is 0 Å². The van der Waals surface area contributed by atoms with Crippen molar-refractivity contribution in [2.24, 2.45) is 0 Å². The molecule has 0 unspecified atom stereocenters. The Morgan fingerprint density at radius 2 is 1.92 bits per heavy atom. The maximum Gasteiger partial charge on any atom is 0.342 e. The predicted molar refractivity (Wildman–Crippen MR) is 94.8 cm³/mol. The summed E-state index contributed by atoms with van der Waals surface area (Å²) in [6.45, 7) is 3.48. The van der Waals surface area contributed by atoms with Crippen molar-refractivity contribution < 1.29 is 13.9 Å². The monoisotopic (exact) mass is 376 g/mol. The minimum atomic E-state index is -0.568. The molecule has 0 aliphatic heterocycles. The molecule has 0 saturated carbocycles. The fourth-order valence-electron chi connectivity index (χ4n) is 2.36. The molecule has 128 valence electrons. The summed E-state index contributed by atoms with van der Waals surface area (Å²) < 4.78 is 10.8. The number of aryl methyl sites for hydroxylation is 2. The largest absolute Gasteiger partial charge is 0.452 e. The van der Waals surface area contributed by atoms with Crippen molar-refractivity contribution in [2.75, 3.05) is 0 Å². The number of aromatic nitrogens is 2. The van der Waals surface area contributed by atoms with Crippen molar-refractivity contribution in [3.63, 3.8) is 0 Å². The van der Waals surface area contributed by atoms with Crippen molar-refractivity contribution in [1.29, 1.82) is 0 Å². The molecule has 0 radical (unpaired) electrons. The van der Waals surface area contributed by atoms with Crippen LogP contribution in [-0.4, -0.2) is 15.9 Å². The molecule has 2 aromatic heterocycles. The first kappa shape index (κ1) is 17.5. The Kier molecular flexibility index (Phi) is 5.06. The van der Waals surface area contributed by atoms with Gasteiger partial charge in [-0.25, -0.2) is 14.8 Å². The van der Waals surface area contributed by atoms with Gasteiger partial charge in [0.05, 0.1) is 11.8 Å². The number of pyridine rings is 1. The molecule has 3 rings (SSSR count). The van der Waals surface area contributed by atoms with Gasteiger partial charge >= 0.3 is 5.97 Å². The molecular formula is C18H14Cl2N2O3. The first-order valence-corrected chi connectivity index (χ1v) is 8.21. The van der Waals surface area contributed by atoms with Crippen LogP contribution in [-0.2, 0) is 11.3 Å². The summed E-state index contributed by atoms with van der Waals surface area (Å²) >= 11 is 11.9. The normalized spacial score (nSPS) is 10.7. The van der Waals surface area contributed by atoms with Crippen LogP contribution in [0.15, 0.2) is 40.9 Å². The van der Waals surface area contributed by atoms with Gasteiger partial charge in [0.2, 0.25) is 5.89 Å². The lowest BCUT2D eigenvalue weighted by atomic mass is 10.1. The number of ether oxygens (including phenoxy) is 1. The number of rotatable bonds is 4. The SMILES string of the molecule is Cc1cc(C)c(C(=O)OCc2ncc(-c3ccc(Cl)cc3)o2)c(Cl)n1. The van der Waals surface area contributed by atoms with Gasteiger partial charge in [0.1, 0.15) is 5.15 Å². The molecule has 5 nitrogen and oxygen atoms in total. The fourth-order valence-corrected chi connectivity index (χ4v) is 2.85. The molecule has 2 heterocycles. The van der Waals surface area contributed by atoms with E-state index in [0.29, 0.717) is 16.3 Å². The highest BCUT2D eigenvalue weighted by Crippen LogP contribution is 2.23. The lowest BCUT2D eigenvalue weighted by Crippen LogP contribution is -2.09. The van der Waals surface area contributed by atoms with Crippen LogP contribution in [0.25, 0.3) is 11.3 Å². The first-order chi connectivity index (χ1) is 11.9. The van der Waals surface area contributed by atoms with Crippen LogP contribution in [0.2, 0.25) is 10.2 Å². The topological polar surface area (TPSA) is 65.2 Å². The summed E-state index contributed by atoms with van der Waals surface area (Å²) in [4.78, 5) is 20.4. The fraction of sp³-hybridized carbons (Fsp3) is 0.167. The van der Waals surface area contributed by atoms with Gasteiger partial charge in [-0.15, -0.1) is 0 Å². The van der Waals surface area contributed by atoms with E-state index in [1.54, 1.807) is 38.2 Å². The van der Waals surface area contributed by atoms with Crippen LogP contribution in [0, 0.1) is 13.8 Å². The van der Waals surface area contributed by atoms with E-state index in [0.717, 1.165) is 11.3 Å². The Hall–Kier alpha value is -2.37. The Morgan fingerprint density at radius 3 is 2.60 bits per heavy atom. The lowest BCUT2D eigenvalue weighted by Gasteiger charge is -2.08. The molecule has 0 amide bonds. The molecule has 0 atom stereocenters. The molecule has 0 aliphatic rings. The van der Waals surface area contributed by atoms with Crippen molar-refractivity contribution in [1.82, 2.24) is 9.97 Å². The summed E-state index contributed by atoms with van der Waals surface area (Å²) in [5.41, 5.74) is 2.52. The van der Waals surface area contributed by atoms with Crippen LogP contribution >= 0.6 is 23.2 Å². The average molecular weight is 377 g/mol. The molecule has 0 fully saturated rings. The molecule has 1 aromatic carbocycles. The van der Waals surface area contributed by atoms with Gasteiger partial charge in [0.25, 0.3) is 0 Å². The second-order valence-electron chi connectivity index (χ2n) is 5.45. The van der Waals surface area contributed by atoms with Crippen LogP contribution in [0.4, 0.5) is 0 Å². The Morgan fingerprint density at radius 1 is 1.20 bits per heavy atom. The van der Waals surface area contributed by atoms with Crippen molar-refractivity contribution in [3.05, 3.63) is 69.4 Å². The third-order valence-corrected chi connectivity index (χ3v) is 4.04. The van der Waals surface area contributed by atoms with E-state index in [9.17, 15) is 4.79 Å². The molecule has 0 spiro atoms. The number of hydrogen-bond acceptors (Lipinski definition) is 5. The molecule has 0 aliphatic carbocycles. The van der Waals surface area contributed by atoms with Gasteiger partial charge in [-0.2, -0.15) is 0 Å². The molecule has 0 N–H and O–H groups in total. The maximum atomic E-state index is 12.3. The van der Waals surface area contributed by atoms with Gasteiger partial charge in [0.15, 0.2) is 12.4 Å². The number of carbonyl (C=O) groups excluding carboxylic acids is 1. The zero-order valence-corrected chi connectivity index (χ0v) is 15.1. The quantitative estimate of drug-likeness (QED) is 0.472. The van der Waals surface area contributed by atoms with Crippen LogP contribution in [0.1, 0.15) is 27.5 Å². The zero-order chi connectivity index (χ0) is 18.0. The molecule has 0 saturated heterocycles. The lowest BCUT2D eigenvalue weighted by molar-refractivity contribution is 0.0438. The van der Waals surface area contributed by atoms with Gasteiger partial charge in [-0.1, -0.05) is 23.2 Å². The van der Waals surface area contributed by atoms with E-state index in [-0.39, 0.29) is 23.2 Å². The first-order valence-electron chi connectivity index (χ1n) is 7.45. The van der Waals surface area contributed by atoms with E-state index in [4.69, 9.17) is 32.4 Å². The number of hydrogen-bond donors (Lipinski definition) is 0. The molecular weight excluding hydrogens is 363 g/mol. The van der Waals surface area contributed by atoms with E-state index < -0.39 is 5.97 Å². The highest BCUT2D eigenvalue weighted by atomic mass is 35.5. The third kappa shape index (κ3) is 4.00. The van der Waals surface area contributed by atoms with E-state index in [2.05, 4.69) is 9.97 Å². The van der Waals surface area contributed by atoms with Crippen LogP contribution < -0.4 is 0 Å². The summed E-state index contributed by atoms with van der Waals surface area (Å²) in [7, 11) is 0. The van der Waals surface area contributed by atoms with Crippen molar-refractivity contribution >= 4 is 29.2 Å².